The number of hydrogen-bond donors (Lipinski definition) is 0. The molecule has 4 heteroatoms. The lowest BCUT2D eigenvalue weighted by atomic mass is 10.0. The molecule has 0 saturated carbocycles. The van der Waals surface area contributed by atoms with Gasteiger partial charge >= 0.3 is 0 Å². The minimum atomic E-state index is 0.171. The molecule has 0 aliphatic carbocycles. The number of carbonyl (C=O) groups is 1. The van der Waals surface area contributed by atoms with Gasteiger partial charge in [0.05, 0.1) is 5.56 Å². The van der Waals surface area contributed by atoms with E-state index in [-0.39, 0.29) is 5.91 Å². The van der Waals surface area contributed by atoms with E-state index >= 15 is 0 Å². The topological polar surface area (TPSA) is 25.2 Å². The van der Waals surface area contributed by atoms with E-state index in [1.54, 1.807) is 0 Å². The van der Waals surface area contributed by atoms with Gasteiger partial charge in [-0.1, -0.05) is 22.0 Å². The van der Waals surface area contributed by atoms with Crippen molar-refractivity contribution in [1.82, 2.24) is 9.47 Å². The second-order valence-electron chi connectivity index (χ2n) is 5.66. The van der Waals surface area contributed by atoms with Crippen LogP contribution in [0.4, 0.5) is 0 Å². The van der Waals surface area contributed by atoms with Crippen LogP contribution >= 0.6 is 15.9 Å². The van der Waals surface area contributed by atoms with E-state index in [2.05, 4.69) is 28.9 Å². The normalized spacial score (nSPS) is 19.6. The van der Waals surface area contributed by atoms with Crippen LogP contribution in [0.1, 0.15) is 36.5 Å². The molecule has 0 bridgehead atoms. The molecule has 0 radical (unpaired) electrons. The zero-order valence-corrected chi connectivity index (χ0v) is 13.5. The summed E-state index contributed by atoms with van der Waals surface area (Å²) in [5.74, 6) is 0.171. The molecule has 1 aliphatic heterocycles. The Balaban J connectivity index is 2.03. The number of piperidine rings is 1. The number of fused-ring (bicyclic) bond motifs is 1. The molecular formula is C16H19BrN2O. The summed E-state index contributed by atoms with van der Waals surface area (Å²) in [6.45, 7) is 3.03. The van der Waals surface area contributed by atoms with E-state index in [1.165, 1.54) is 6.42 Å². The number of nitrogens with zero attached hydrogens (tertiary/aromatic N) is 2. The molecule has 1 amide bonds. The Labute approximate surface area is 127 Å². The van der Waals surface area contributed by atoms with E-state index in [0.29, 0.717) is 6.04 Å². The fourth-order valence-electron chi connectivity index (χ4n) is 3.08. The van der Waals surface area contributed by atoms with Crippen LogP contribution < -0.4 is 0 Å². The standard InChI is InChI=1S/C16H19BrN2O/c1-11-5-3-4-8-19(11)16(20)14-10-18(2)15-9-12(17)6-7-13(14)15/h6-7,9-11H,3-5,8H2,1-2H3. The number of amides is 1. The maximum atomic E-state index is 12.8. The second kappa shape index (κ2) is 5.24. The fraction of sp³-hybridized carbons (Fsp3) is 0.438. The van der Waals surface area contributed by atoms with Crippen molar-refractivity contribution in [1.29, 1.82) is 0 Å². The summed E-state index contributed by atoms with van der Waals surface area (Å²) in [7, 11) is 1.99. The number of halogens is 1. The number of hydrogen-bond acceptors (Lipinski definition) is 1. The third kappa shape index (κ3) is 2.26. The fourth-order valence-corrected chi connectivity index (χ4v) is 3.43. The zero-order valence-electron chi connectivity index (χ0n) is 11.9. The highest BCUT2D eigenvalue weighted by molar-refractivity contribution is 9.10. The maximum Gasteiger partial charge on any atom is 0.256 e. The van der Waals surface area contributed by atoms with Crippen LogP contribution in [0.2, 0.25) is 0 Å². The third-order valence-electron chi connectivity index (χ3n) is 4.25. The van der Waals surface area contributed by atoms with Crippen LogP contribution in [0.15, 0.2) is 28.9 Å². The first-order chi connectivity index (χ1) is 9.58. The van der Waals surface area contributed by atoms with E-state index in [9.17, 15) is 4.79 Å². The molecule has 0 spiro atoms. The van der Waals surface area contributed by atoms with Gasteiger partial charge in [0.25, 0.3) is 5.91 Å². The third-order valence-corrected chi connectivity index (χ3v) is 4.74. The van der Waals surface area contributed by atoms with Gasteiger partial charge in [0, 0.05) is 41.2 Å². The van der Waals surface area contributed by atoms with Gasteiger partial charge in [-0.2, -0.15) is 0 Å². The number of aromatic nitrogens is 1. The molecule has 106 valence electrons. The Hall–Kier alpha value is -1.29. The zero-order chi connectivity index (χ0) is 14.3. The second-order valence-corrected chi connectivity index (χ2v) is 6.57. The Kier molecular flexibility index (Phi) is 3.59. The van der Waals surface area contributed by atoms with Crippen molar-refractivity contribution in [2.24, 2.45) is 7.05 Å². The van der Waals surface area contributed by atoms with Gasteiger partial charge < -0.3 is 9.47 Å². The predicted octanol–water partition coefficient (Wildman–Crippen LogP) is 3.96. The molecule has 1 saturated heterocycles. The molecule has 0 N–H and O–H groups in total. The molecule has 20 heavy (non-hydrogen) atoms. The Morgan fingerprint density at radius 2 is 2.15 bits per heavy atom. The van der Waals surface area contributed by atoms with E-state index in [4.69, 9.17) is 0 Å². The highest BCUT2D eigenvalue weighted by Gasteiger charge is 2.26. The molecule has 1 aromatic heterocycles. The first-order valence-electron chi connectivity index (χ1n) is 7.13. The average molecular weight is 335 g/mol. The Bertz CT molecular complexity index is 662. The first-order valence-corrected chi connectivity index (χ1v) is 7.93. The summed E-state index contributed by atoms with van der Waals surface area (Å²) in [4.78, 5) is 14.9. The first kappa shape index (κ1) is 13.7. The molecular weight excluding hydrogens is 316 g/mol. The number of likely N-dealkylation sites (tertiary alicyclic amines) is 1. The number of aryl methyl sites for hydroxylation is 1. The monoisotopic (exact) mass is 334 g/mol. The van der Waals surface area contributed by atoms with Crippen LogP contribution in [-0.2, 0) is 7.05 Å². The minimum Gasteiger partial charge on any atom is -0.350 e. The average Bonchev–Trinajstić information content (AvgIpc) is 2.76. The summed E-state index contributed by atoms with van der Waals surface area (Å²) in [5.41, 5.74) is 1.91. The molecule has 3 nitrogen and oxygen atoms in total. The molecule has 1 unspecified atom stereocenters. The van der Waals surface area contributed by atoms with E-state index < -0.39 is 0 Å². The van der Waals surface area contributed by atoms with Crippen LogP contribution in [-0.4, -0.2) is 28.0 Å². The van der Waals surface area contributed by atoms with Crippen molar-refractivity contribution in [3.63, 3.8) is 0 Å². The van der Waals surface area contributed by atoms with Crippen molar-refractivity contribution in [3.05, 3.63) is 34.4 Å². The van der Waals surface area contributed by atoms with Crippen LogP contribution in [0.5, 0.6) is 0 Å². The number of benzene rings is 1. The molecule has 3 rings (SSSR count). The van der Waals surface area contributed by atoms with Crippen LogP contribution in [0.25, 0.3) is 10.9 Å². The molecule has 2 aromatic rings. The van der Waals surface area contributed by atoms with Crippen molar-refractivity contribution in [2.75, 3.05) is 6.54 Å². The quantitative estimate of drug-likeness (QED) is 0.774. The summed E-state index contributed by atoms with van der Waals surface area (Å²) in [5, 5.41) is 1.04. The summed E-state index contributed by atoms with van der Waals surface area (Å²) in [6, 6.07) is 6.44. The molecule has 1 aromatic carbocycles. The van der Waals surface area contributed by atoms with Gasteiger partial charge in [0.15, 0.2) is 0 Å². The smallest absolute Gasteiger partial charge is 0.256 e. The van der Waals surface area contributed by atoms with Gasteiger partial charge in [0.1, 0.15) is 0 Å². The lowest BCUT2D eigenvalue weighted by Gasteiger charge is -2.33. The van der Waals surface area contributed by atoms with E-state index in [0.717, 1.165) is 40.3 Å². The highest BCUT2D eigenvalue weighted by Crippen LogP contribution is 2.27. The van der Waals surface area contributed by atoms with Gasteiger partial charge in [-0.3, -0.25) is 4.79 Å². The number of rotatable bonds is 1. The van der Waals surface area contributed by atoms with Gasteiger partial charge in [0.2, 0.25) is 0 Å². The molecule has 1 fully saturated rings. The minimum absolute atomic E-state index is 0.171. The van der Waals surface area contributed by atoms with Crippen LogP contribution in [0.3, 0.4) is 0 Å². The SMILES string of the molecule is CC1CCCCN1C(=O)c1cn(C)c2cc(Br)ccc12. The van der Waals surface area contributed by atoms with Gasteiger partial charge in [-0.15, -0.1) is 0 Å². The Morgan fingerprint density at radius 3 is 2.90 bits per heavy atom. The number of carbonyl (C=O) groups excluding carboxylic acids is 1. The van der Waals surface area contributed by atoms with Crippen molar-refractivity contribution in [2.45, 2.75) is 32.2 Å². The Morgan fingerprint density at radius 1 is 1.35 bits per heavy atom. The molecule has 2 heterocycles. The summed E-state index contributed by atoms with van der Waals surface area (Å²) >= 11 is 3.49. The van der Waals surface area contributed by atoms with E-state index in [1.807, 2.05) is 34.8 Å². The lowest BCUT2D eigenvalue weighted by molar-refractivity contribution is 0.0637. The lowest BCUT2D eigenvalue weighted by Crippen LogP contribution is -2.41. The largest absolute Gasteiger partial charge is 0.350 e. The van der Waals surface area contributed by atoms with Crippen molar-refractivity contribution < 1.29 is 4.79 Å². The summed E-state index contributed by atoms with van der Waals surface area (Å²) < 4.78 is 3.07. The van der Waals surface area contributed by atoms with Crippen LogP contribution in [0, 0.1) is 0 Å². The summed E-state index contributed by atoms with van der Waals surface area (Å²) in [6.07, 6.45) is 5.42. The highest BCUT2D eigenvalue weighted by atomic mass is 79.9. The predicted molar refractivity (Wildman–Crippen MR) is 85.0 cm³/mol. The van der Waals surface area contributed by atoms with Gasteiger partial charge in [-0.25, -0.2) is 0 Å². The van der Waals surface area contributed by atoms with Crippen molar-refractivity contribution in [3.8, 4) is 0 Å². The molecule has 1 aliphatic rings. The van der Waals surface area contributed by atoms with Crippen molar-refractivity contribution >= 4 is 32.7 Å². The maximum absolute atomic E-state index is 12.8. The molecule has 1 atom stereocenters. The van der Waals surface area contributed by atoms with Gasteiger partial charge in [-0.05, 0) is 38.3 Å².